The Kier molecular flexibility index (Phi) is 2.99. The topological polar surface area (TPSA) is 33.5 Å². The number of likely N-dealkylation sites (tertiary alicyclic amines) is 1. The van der Waals surface area contributed by atoms with E-state index in [1.807, 2.05) is 13.8 Å². The standard InChI is InChI=1S/C12H16FNO2/c1-8-6-11(16-9(8)2)12(15)14-5-3-4-10(14)7-13/h6,10H,3-5,7H2,1-2H3. The number of hydrogen-bond acceptors (Lipinski definition) is 2. The Morgan fingerprint density at radius 2 is 2.38 bits per heavy atom. The molecule has 3 nitrogen and oxygen atoms in total. The van der Waals surface area contributed by atoms with Crippen LogP contribution in [-0.4, -0.2) is 30.1 Å². The number of hydrogen-bond donors (Lipinski definition) is 0. The Morgan fingerprint density at radius 1 is 1.62 bits per heavy atom. The molecule has 16 heavy (non-hydrogen) atoms. The minimum Gasteiger partial charge on any atom is -0.456 e. The van der Waals surface area contributed by atoms with Crippen LogP contribution in [0.25, 0.3) is 0 Å². The van der Waals surface area contributed by atoms with E-state index in [2.05, 4.69) is 0 Å². The molecule has 1 aromatic rings. The van der Waals surface area contributed by atoms with Crippen molar-refractivity contribution in [2.75, 3.05) is 13.2 Å². The van der Waals surface area contributed by atoms with Crippen molar-refractivity contribution in [3.05, 3.63) is 23.2 Å². The summed E-state index contributed by atoms with van der Waals surface area (Å²) in [6, 6.07) is 1.46. The summed E-state index contributed by atoms with van der Waals surface area (Å²) >= 11 is 0. The maximum Gasteiger partial charge on any atom is 0.289 e. The molecular weight excluding hydrogens is 209 g/mol. The Hall–Kier alpha value is -1.32. The van der Waals surface area contributed by atoms with Crippen LogP contribution in [0.2, 0.25) is 0 Å². The predicted molar refractivity (Wildman–Crippen MR) is 58.2 cm³/mol. The van der Waals surface area contributed by atoms with E-state index >= 15 is 0 Å². The van der Waals surface area contributed by atoms with Gasteiger partial charge in [-0.25, -0.2) is 4.39 Å². The van der Waals surface area contributed by atoms with Gasteiger partial charge in [-0.1, -0.05) is 0 Å². The number of furan rings is 1. The molecule has 0 spiro atoms. The fourth-order valence-electron chi connectivity index (χ4n) is 2.08. The number of rotatable bonds is 2. The van der Waals surface area contributed by atoms with Crippen LogP contribution in [-0.2, 0) is 0 Å². The van der Waals surface area contributed by atoms with Gasteiger partial charge in [-0.2, -0.15) is 0 Å². The zero-order valence-corrected chi connectivity index (χ0v) is 9.62. The number of nitrogens with zero attached hydrogens (tertiary/aromatic N) is 1. The van der Waals surface area contributed by atoms with E-state index in [0.717, 1.165) is 24.2 Å². The van der Waals surface area contributed by atoms with Crippen molar-refractivity contribution in [1.82, 2.24) is 4.90 Å². The lowest BCUT2D eigenvalue weighted by molar-refractivity contribution is 0.0683. The molecule has 1 amide bonds. The molecule has 0 N–H and O–H groups in total. The van der Waals surface area contributed by atoms with Crippen LogP contribution in [0.5, 0.6) is 0 Å². The van der Waals surface area contributed by atoms with E-state index < -0.39 is 6.67 Å². The summed E-state index contributed by atoms with van der Waals surface area (Å²) in [4.78, 5) is 13.6. The quantitative estimate of drug-likeness (QED) is 0.774. The number of amides is 1. The lowest BCUT2D eigenvalue weighted by atomic mass is 10.2. The summed E-state index contributed by atoms with van der Waals surface area (Å²) in [6.07, 6.45) is 1.62. The second kappa shape index (κ2) is 4.28. The van der Waals surface area contributed by atoms with Gasteiger partial charge < -0.3 is 9.32 Å². The van der Waals surface area contributed by atoms with Gasteiger partial charge in [0.2, 0.25) is 0 Å². The van der Waals surface area contributed by atoms with Crippen LogP contribution < -0.4 is 0 Å². The molecular formula is C12H16FNO2. The zero-order valence-electron chi connectivity index (χ0n) is 9.62. The van der Waals surface area contributed by atoms with Crippen LogP contribution in [0.15, 0.2) is 10.5 Å². The second-order valence-electron chi connectivity index (χ2n) is 4.30. The average Bonchev–Trinajstić information content (AvgIpc) is 2.85. The first-order valence-electron chi connectivity index (χ1n) is 5.57. The molecule has 0 bridgehead atoms. The van der Waals surface area contributed by atoms with Gasteiger partial charge in [-0.3, -0.25) is 4.79 Å². The number of aryl methyl sites for hydroxylation is 2. The van der Waals surface area contributed by atoms with Gasteiger partial charge in [-0.15, -0.1) is 0 Å². The summed E-state index contributed by atoms with van der Waals surface area (Å²) in [6.45, 7) is 3.88. The first-order valence-corrected chi connectivity index (χ1v) is 5.57. The van der Waals surface area contributed by atoms with E-state index in [4.69, 9.17) is 4.42 Å². The van der Waals surface area contributed by atoms with Crippen LogP contribution in [0.1, 0.15) is 34.7 Å². The third-order valence-corrected chi connectivity index (χ3v) is 3.19. The van der Waals surface area contributed by atoms with Gasteiger partial charge in [0.25, 0.3) is 5.91 Å². The molecule has 1 fully saturated rings. The molecule has 1 unspecified atom stereocenters. The monoisotopic (exact) mass is 225 g/mol. The molecule has 1 saturated heterocycles. The number of halogens is 1. The maximum atomic E-state index is 12.7. The Labute approximate surface area is 94.2 Å². The zero-order chi connectivity index (χ0) is 11.7. The lowest BCUT2D eigenvalue weighted by Gasteiger charge is -2.20. The molecule has 2 rings (SSSR count). The highest BCUT2D eigenvalue weighted by Gasteiger charge is 2.31. The molecule has 0 saturated carbocycles. The highest BCUT2D eigenvalue weighted by molar-refractivity contribution is 5.92. The normalized spacial score (nSPS) is 20.4. The van der Waals surface area contributed by atoms with Crippen molar-refractivity contribution < 1.29 is 13.6 Å². The minimum absolute atomic E-state index is 0.184. The predicted octanol–water partition coefficient (Wildman–Crippen LogP) is 2.47. The van der Waals surface area contributed by atoms with Crippen molar-refractivity contribution in [3.8, 4) is 0 Å². The van der Waals surface area contributed by atoms with Crippen LogP contribution in [0.3, 0.4) is 0 Å². The largest absolute Gasteiger partial charge is 0.456 e. The molecule has 2 heterocycles. The van der Waals surface area contributed by atoms with Gasteiger partial charge in [0.05, 0.1) is 6.04 Å². The Balaban J connectivity index is 2.18. The molecule has 88 valence electrons. The number of carbonyl (C=O) groups is 1. The van der Waals surface area contributed by atoms with Crippen molar-refractivity contribution in [3.63, 3.8) is 0 Å². The molecule has 1 aromatic heterocycles. The fraction of sp³-hybridized carbons (Fsp3) is 0.583. The van der Waals surface area contributed by atoms with Gasteiger partial charge in [0.1, 0.15) is 12.4 Å². The molecule has 1 atom stereocenters. The van der Waals surface area contributed by atoms with Gasteiger partial charge >= 0.3 is 0 Å². The van der Waals surface area contributed by atoms with E-state index in [-0.39, 0.29) is 11.9 Å². The van der Waals surface area contributed by atoms with E-state index in [1.165, 1.54) is 0 Å². The van der Waals surface area contributed by atoms with Crippen LogP contribution in [0.4, 0.5) is 4.39 Å². The van der Waals surface area contributed by atoms with Gasteiger partial charge in [0, 0.05) is 6.54 Å². The minimum atomic E-state index is -0.468. The average molecular weight is 225 g/mol. The maximum absolute atomic E-state index is 12.7. The smallest absolute Gasteiger partial charge is 0.289 e. The molecule has 4 heteroatoms. The first kappa shape index (κ1) is 11.2. The number of carbonyl (C=O) groups excluding carboxylic acids is 1. The van der Waals surface area contributed by atoms with Gasteiger partial charge in [0.15, 0.2) is 5.76 Å². The van der Waals surface area contributed by atoms with Crippen molar-refractivity contribution in [2.45, 2.75) is 32.7 Å². The van der Waals surface area contributed by atoms with E-state index in [0.29, 0.717) is 12.3 Å². The van der Waals surface area contributed by atoms with E-state index in [9.17, 15) is 9.18 Å². The van der Waals surface area contributed by atoms with Crippen molar-refractivity contribution in [1.29, 1.82) is 0 Å². The highest BCUT2D eigenvalue weighted by atomic mass is 19.1. The number of alkyl halides is 1. The van der Waals surface area contributed by atoms with Crippen LogP contribution >= 0.6 is 0 Å². The highest BCUT2D eigenvalue weighted by Crippen LogP contribution is 2.22. The summed E-state index contributed by atoms with van der Waals surface area (Å²) in [7, 11) is 0. The van der Waals surface area contributed by atoms with Crippen LogP contribution in [0, 0.1) is 13.8 Å². The second-order valence-corrected chi connectivity index (χ2v) is 4.30. The fourth-order valence-corrected chi connectivity index (χ4v) is 2.08. The molecule has 0 aromatic carbocycles. The van der Waals surface area contributed by atoms with Gasteiger partial charge in [-0.05, 0) is 38.3 Å². The summed E-state index contributed by atoms with van der Waals surface area (Å²) in [5, 5.41) is 0. The third kappa shape index (κ3) is 1.84. The SMILES string of the molecule is Cc1cc(C(=O)N2CCCC2CF)oc1C. The third-order valence-electron chi connectivity index (χ3n) is 3.19. The Morgan fingerprint density at radius 3 is 2.94 bits per heavy atom. The summed E-state index contributed by atoms with van der Waals surface area (Å²) < 4.78 is 18.1. The van der Waals surface area contributed by atoms with Crippen molar-refractivity contribution >= 4 is 5.91 Å². The Bertz CT molecular complexity index is 380. The molecule has 0 aliphatic carbocycles. The first-order chi connectivity index (χ1) is 7.63. The lowest BCUT2D eigenvalue weighted by Crippen LogP contribution is -2.36. The molecule has 1 aliphatic heterocycles. The molecule has 0 radical (unpaired) electrons. The summed E-state index contributed by atoms with van der Waals surface area (Å²) in [5.74, 6) is 0.894. The molecule has 1 aliphatic rings. The summed E-state index contributed by atoms with van der Waals surface area (Å²) in [5.41, 5.74) is 0.958. The van der Waals surface area contributed by atoms with E-state index in [1.54, 1.807) is 11.0 Å². The van der Waals surface area contributed by atoms with Crippen molar-refractivity contribution in [2.24, 2.45) is 0 Å².